The number of piperidine rings is 1. The van der Waals surface area contributed by atoms with Gasteiger partial charge in [-0.2, -0.15) is 0 Å². The van der Waals surface area contributed by atoms with E-state index in [2.05, 4.69) is 15.5 Å². The van der Waals surface area contributed by atoms with Crippen molar-refractivity contribution in [1.29, 1.82) is 0 Å². The number of ketones is 3. The summed E-state index contributed by atoms with van der Waals surface area (Å²) < 4.78 is 25.5. The normalized spacial score (nSPS) is 39.1. The largest absolute Gasteiger partial charge is 0.460 e. The molecule has 4 heterocycles. The van der Waals surface area contributed by atoms with Crippen molar-refractivity contribution in [3.05, 3.63) is 53.9 Å². The van der Waals surface area contributed by atoms with Crippen LogP contribution in [0.5, 0.6) is 0 Å². The van der Waals surface area contributed by atoms with Gasteiger partial charge in [-0.05, 0) is 117 Å². The van der Waals surface area contributed by atoms with Crippen LogP contribution < -0.4 is 0 Å². The van der Waals surface area contributed by atoms with E-state index in [9.17, 15) is 39.3 Å². The molecular formula is C51H77N5O12. The van der Waals surface area contributed by atoms with Gasteiger partial charge in [0.25, 0.3) is 11.7 Å². The highest BCUT2D eigenvalue weighted by atomic mass is 16.6. The molecule has 378 valence electrons. The number of amides is 1. The number of fused-ring (bicyclic) bond motifs is 3. The third-order valence-corrected chi connectivity index (χ3v) is 14.9. The molecule has 4 aliphatic rings. The maximum absolute atomic E-state index is 14.5. The van der Waals surface area contributed by atoms with Gasteiger partial charge < -0.3 is 39.2 Å². The number of methoxy groups -OCH3 is 2. The zero-order valence-electron chi connectivity index (χ0n) is 41.6. The molecule has 3 N–H and O–H groups in total. The van der Waals surface area contributed by atoms with E-state index in [4.69, 9.17) is 18.9 Å². The van der Waals surface area contributed by atoms with Gasteiger partial charge >= 0.3 is 5.97 Å². The van der Waals surface area contributed by atoms with Gasteiger partial charge in [-0.25, -0.2) is 9.48 Å². The maximum Gasteiger partial charge on any atom is 0.329 e. The van der Waals surface area contributed by atoms with Crippen molar-refractivity contribution in [2.24, 2.45) is 35.5 Å². The number of tetrazole rings is 1. The molecule has 3 fully saturated rings. The quantitative estimate of drug-likeness (QED) is 0.184. The van der Waals surface area contributed by atoms with Crippen LogP contribution in [0.25, 0.3) is 0 Å². The van der Waals surface area contributed by atoms with E-state index < -0.39 is 77.8 Å². The number of esters is 1. The first-order valence-corrected chi connectivity index (χ1v) is 24.7. The number of aromatic nitrogens is 4. The van der Waals surface area contributed by atoms with Crippen LogP contribution in [0.4, 0.5) is 0 Å². The Bertz CT molecular complexity index is 2000. The van der Waals surface area contributed by atoms with Crippen molar-refractivity contribution in [3.63, 3.8) is 0 Å². The molecule has 1 unspecified atom stereocenters. The third kappa shape index (κ3) is 13.7. The lowest BCUT2D eigenvalue weighted by Gasteiger charge is -2.42. The third-order valence-electron chi connectivity index (χ3n) is 14.9. The summed E-state index contributed by atoms with van der Waals surface area (Å²) in [5.74, 6) is -8.20. The molecule has 3 aliphatic heterocycles. The minimum Gasteiger partial charge on any atom is -0.460 e. The fourth-order valence-corrected chi connectivity index (χ4v) is 10.5. The van der Waals surface area contributed by atoms with E-state index in [0.29, 0.717) is 56.1 Å². The van der Waals surface area contributed by atoms with Gasteiger partial charge in [0.15, 0.2) is 5.78 Å². The number of allylic oxidation sites excluding steroid dienone is 6. The molecule has 0 radical (unpaired) electrons. The summed E-state index contributed by atoms with van der Waals surface area (Å²) in [5.41, 5.74) is 1.00. The molecule has 1 aromatic rings. The number of carbonyl (C=O) groups excluding carboxylic acids is 5. The molecule has 1 saturated carbocycles. The second-order valence-electron chi connectivity index (χ2n) is 20.2. The van der Waals surface area contributed by atoms with Crippen LogP contribution >= 0.6 is 0 Å². The highest BCUT2D eigenvalue weighted by Crippen LogP contribution is 2.39. The average molecular weight is 952 g/mol. The number of aliphatic hydroxyl groups is 3. The molecule has 1 aliphatic carbocycles. The lowest BCUT2D eigenvalue weighted by atomic mass is 9.77. The number of aliphatic hydroxyl groups excluding tert-OH is 2. The summed E-state index contributed by atoms with van der Waals surface area (Å²) in [6.07, 6.45) is 12.3. The molecule has 2 bridgehead atoms. The number of carbonyl (C=O) groups is 5. The lowest BCUT2D eigenvalue weighted by Crippen LogP contribution is -2.61. The second-order valence-corrected chi connectivity index (χ2v) is 20.2. The molecule has 15 atom stereocenters. The molecule has 1 aromatic heterocycles. The van der Waals surface area contributed by atoms with Gasteiger partial charge in [-0.15, -0.1) is 5.10 Å². The Kier molecular flexibility index (Phi) is 20.1. The second kappa shape index (κ2) is 25.0. The molecule has 2 saturated heterocycles. The van der Waals surface area contributed by atoms with Gasteiger partial charge in [0.05, 0.1) is 24.4 Å². The molecule has 1 amide bonds. The van der Waals surface area contributed by atoms with Crippen molar-refractivity contribution in [2.45, 2.75) is 180 Å². The SMILES string of the molecule is CO[C@@H]1C[C@H](CC(C)[C@@H]2CC(=O)[C@H](C)/C=C(\C)[C@@H](O)[C@@H](OC)C(=O)[C@H](C)C[C@H](C)/C=C/C=C/C=C(\C)[C@@H](O)C[C@@H]3CC[C@@H](C)[C@@](O)(O3)C(=O)C(=O)N3CCCC[C@H]3C(=O)O2)CC[C@@H]1n1cnnn1. The first-order valence-electron chi connectivity index (χ1n) is 24.7. The monoisotopic (exact) mass is 952 g/mol. The minimum atomic E-state index is -2.49. The average Bonchev–Trinajstić information content (AvgIpc) is 3.86. The molecule has 0 aromatic carbocycles. The van der Waals surface area contributed by atoms with E-state index in [1.165, 1.54) is 12.0 Å². The minimum absolute atomic E-state index is 0.00720. The van der Waals surface area contributed by atoms with Crippen molar-refractivity contribution in [2.75, 3.05) is 20.8 Å². The number of hydrogen-bond acceptors (Lipinski definition) is 15. The zero-order chi connectivity index (χ0) is 49.9. The molecule has 5 rings (SSSR count). The molecule has 68 heavy (non-hydrogen) atoms. The number of ether oxygens (including phenoxy) is 4. The van der Waals surface area contributed by atoms with Crippen LogP contribution in [0.15, 0.2) is 53.9 Å². The van der Waals surface area contributed by atoms with Crippen LogP contribution in [0.3, 0.4) is 0 Å². The standard InChI is InChI=1S/C51H77N5O12/c1-30-15-11-10-12-16-31(2)41(57)27-38-20-18-36(7)51(64,68-38)48(61)49(62)55-22-14-13-17-40(55)50(63)67-43(33(4)25-37-19-21-39(44(26-37)65-8)56-29-52-53-54-56)28-42(58)32(3)24-35(6)46(60)47(66-9)45(59)34(5)23-30/h10-12,15-16,24,29-30,32-34,36-41,43-44,46-47,57,60,64H,13-14,17-23,25-28H2,1-9H3/b12-10+,15-11+,31-16+,35-24+/t30-,32-,33?,34-,36-,37+,38+,39+,40+,41+,43+,44-,46-,47+,51-/m1/s1. The number of cyclic esters (lactones) is 1. The summed E-state index contributed by atoms with van der Waals surface area (Å²) in [6, 6.07) is -1.22. The van der Waals surface area contributed by atoms with Crippen LogP contribution in [-0.4, -0.2) is 139 Å². The Hall–Kier alpha value is -4.26. The fourth-order valence-electron chi connectivity index (χ4n) is 10.5. The van der Waals surface area contributed by atoms with Crippen molar-refractivity contribution in [3.8, 4) is 0 Å². The molecular weight excluding hydrogens is 875 g/mol. The molecule has 17 heteroatoms. The van der Waals surface area contributed by atoms with Gasteiger partial charge in [-0.1, -0.05) is 71.1 Å². The first kappa shape index (κ1) is 54.7. The van der Waals surface area contributed by atoms with E-state index in [-0.39, 0.29) is 67.3 Å². The number of hydrogen-bond donors (Lipinski definition) is 3. The summed E-state index contributed by atoms with van der Waals surface area (Å²) in [6.45, 7) is 12.5. The summed E-state index contributed by atoms with van der Waals surface area (Å²) in [5, 5.41) is 46.2. The van der Waals surface area contributed by atoms with E-state index in [1.807, 2.05) is 32.1 Å². The summed E-state index contributed by atoms with van der Waals surface area (Å²) in [7, 11) is 3.02. The van der Waals surface area contributed by atoms with Gasteiger partial charge in [0.1, 0.15) is 36.5 Å². The summed E-state index contributed by atoms with van der Waals surface area (Å²) >= 11 is 0. The Morgan fingerprint density at radius 2 is 1.65 bits per heavy atom. The van der Waals surface area contributed by atoms with E-state index in [0.717, 1.165) is 12.8 Å². The predicted octanol–water partition coefficient (Wildman–Crippen LogP) is 5.39. The molecule has 17 nitrogen and oxygen atoms in total. The van der Waals surface area contributed by atoms with Crippen LogP contribution in [0, 0.1) is 35.5 Å². The van der Waals surface area contributed by atoms with Crippen molar-refractivity contribution < 1.29 is 58.2 Å². The van der Waals surface area contributed by atoms with Gasteiger partial charge in [-0.3, -0.25) is 19.2 Å². The van der Waals surface area contributed by atoms with E-state index in [1.54, 1.807) is 71.0 Å². The Balaban J connectivity index is 1.45. The topological polar surface area (TPSA) is 230 Å². The highest BCUT2D eigenvalue weighted by molar-refractivity contribution is 6.39. The Morgan fingerprint density at radius 3 is 2.34 bits per heavy atom. The fraction of sp³-hybridized carbons (Fsp3) is 0.725. The van der Waals surface area contributed by atoms with E-state index >= 15 is 0 Å². The summed E-state index contributed by atoms with van der Waals surface area (Å²) in [4.78, 5) is 72.0. The highest BCUT2D eigenvalue weighted by Gasteiger charge is 2.53. The maximum atomic E-state index is 14.5. The number of nitrogens with zero attached hydrogens (tertiary/aromatic N) is 5. The molecule has 0 spiro atoms. The van der Waals surface area contributed by atoms with Crippen molar-refractivity contribution in [1.82, 2.24) is 25.1 Å². The van der Waals surface area contributed by atoms with Crippen LogP contribution in [0.2, 0.25) is 0 Å². The predicted molar refractivity (Wildman–Crippen MR) is 251 cm³/mol. The number of Topliss-reactive ketones (excluding diaryl/α,β-unsaturated/α-hetero) is 3. The number of rotatable bonds is 6. The van der Waals surface area contributed by atoms with Crippen LogP contribution in [0.1, 0.15) is 132 Å². The Morgan fingerprint density at radius 1 is 0.897 bits per heavy atom. The van der Waals surface area contributed by atoms with Gasteiger partial charge in [0, 0.05) is 51.4 Å². The van der Waals surface area contributed by atoms with Crippen LogP contribution in [-0.2, 0) is 42.9 Å². The Labute approximate surface area is 401 Å². The first-order chi connectivity index (χ1) is 32.3. The zero-order valence-corrected chi connectivity index (χ0v) is 41.6. The van der Waals surface area contributed by atoms with Gasteiger partial charge in [0.2, 0.25) is 5.79 Å². The smallest absolute Gasteiger partial charge is 0.329 e. The lowest BCUT2D eigenvalue weighted by molar-refractivity contribution is -0.265. The van der Waals surface area contributed by atoms with Crippen molar-refractivity contribution >= 4 is 29.2 Å².